The maximum Gasteiger partial charge on any atom is 0.357 e. The van der Waals surface area contributed by atoms with Crippen LogP contribution in [0.1, 0.15) is 21.0 Å². The number of anilines is 1. The van der Waals surface area contributed by atoms with Gasteiger partial charge in [-0.15, -0.1) is 0 Å². The molecule has 2 heterocycles. The van der Waals surface area contributed by atoms with Gasteiger partial charge in [-0.25, -0.2) is 9.78 Å². The number of rotatable bonds is 4. The third kappa shape index (κ3) is 3.23. The molecule has 0 bridgehead atoms. The second-order valence-electron chi connectivity index (χ2n) is 5.76. The number of amides is 1. The van der Waals surface area contributed by atoms with Crippen LogP contribution >= 0.6 is 0 Å². The van der Waals surface area contributed by atoms with Gasteiger partial charge in [-0.1, -0.05) is 18.2 Å². The van der Waals surface area contributed by atoms with Crippen LogP contribution in [0.5, 0.6) is 0 Å². The van der Waals surface area contributed by atoms with E-state index in [-0.39, 0.29) is 17.3 Å². The van der Waals surface area contributed by atoms with Crippen molar-refractivity contribution in [3.8, 4) is 11.1 Å². The molecule has 3 N–H and O–H groups in total. The Kier molecular flexibility index (Phi) is 4.06. The SMILES string of the molecule is O=C(Nc1ccc(-c2ccc3c(C(=O)O)n[nH]c3c2)cc1)c1cnccn1. The van der Waals surface area contributed by atoms with Gasteiger partial charge in [0.05, 0.1) is 11.7 Å². The van der Waals surface area contributed by atoms with E-state index in [1.807, 2.05) is 24.3 Å². The zero-order valence-electron chi connectivity index (χ0n) is 13.9. The monoisotopic (exact) mass is 359 g/mol. The topological polar surface area (TPSA) is 121 Å². The lowest BCUT2D eigenvalue weighted by molar-refractivity contribution is 0.0692. The minimum Gasteiger partial charge on any atom is -0.476 e. The van der Waals surface area contributed by atoms with E-state index in [0.717, 1.165) is 11.1 Å². The molecule has 0 atom stereocenters. The van der Waals surface area contributed by atoms with Crippen LogP contribution in [-0.2, 0) is 0 Å². The Bertz CT molecular complexity index is 1140. The molecule has 0 unspecified atom stereocenters. The maximum absolute atomic E-state index is 12.1. The molecule has 0 saturated heterocycles. The highest BCUT2D eigenvalue weighted by Crippen LogP contribution is 2.26. The van der Waals surface area contributed by atoms with Crippen LogP contribution in [0.4, 0.5) is 5.69 Å². The predicted molar refractivity (Wildman–Crippen MR) is 98.5 cm³/mol. The average Bonchev–Trinajstić information content (AvgIpc) is 3.13. The number of nitrogens with one attached hydrogen (secondary N) is 2. The van der Waals surface area contributed by atoms with E-state index < -0.39 is 5.97 Å². The van der Waals surface area contributed by atoms with Gasteiger partial charge in [0.25, 0.3) is 5.91 Å². The van der Waals surface area contributed by atoms with E-state index in [2.05, 4.69) is 25.5 Å². The Morgan fingerprint density at radius 1 is 1.00 bits per heavy atom. The summed E-state index contributed by atoms with van der Waals surface area (Å²) < 4.78 is 0. The summed E-state index contributed by atoms with van der Waals surface area (Å²) >= 11 is 0. The largest absolute Gasteiger partial charge is 0.476 e. The molecular formula is C19H13N5O3. The van der Waals surface area contributed by atoms with Crippen molar-refractivity contribution in [1.82, 2.24) is 20.2 Å². The molecule has 8 nitrogen and oxygen atoms in total. The molecule has 8 heteroatoms. The van der Waals surface area contributed by atoms with Crippen LogP contribution in [0.3, 0.4) is 0 Å². The predicted octanol–water partition coefficient (Wildman–Crippen LogP) is 2.97. The number of hydrogen-bond acceptors (Lipinski definition) is 5. The first-order chi connectivity index (χ1) is 13.1. The molecule has 0 fully saturated rings. The van der Waals surface area contributed by atoms with Crippen molar-refractivity contribution in [3.63, 3.8) is 0 Å². The number of fused-ring (bicyclic) bond motifs is 1. The van der Waals surface area contributed by atoms with Crippen LogP contribution in [0, 0.1) is 0 Å². The molecule has 1 amide bonds. The third-order valence-electron chi connectivity index (χ3n) is 4.04. The van der Waals surface area contributed by atoms with Gasteiger partial charge in [0, 0.05) is 23.5 Å². The van der Waals surface area contributed by atoms with Crippen molar-refractivity contribution >= 4 is 28.5 Å². The zero-order chi connectivity index (χ0) is 18.8. The smallest absolute Gasteiger partial charge is 0.357 e. The summed E-state index contributed by atoms with van der Waals surface area (Å²) in [5.41, 5.74) is 3.32. The summed E-state index contributed by atoms with van der Waals surface area (Å²) in [7, 11) is 0. The summed E-state index contributed by atoms with van der Waals surface area (Å²) in [4.78, 5) is 31.1. The third-order valence-corrected chi connectivity index (χ3v) is 4.04. The Balaban J connectivity index is 1.56. The number of carboxylic acids is 1. The molecule has 0 saturated carbocycles. The number of hydrogen-bond donors (Lipinski definition) is 3. The second-order valence-corrected chi connectivity index (χ2v) is 5.76. The maximum atomic E-state index is 12.1. The Hall–Kier alpha value is -4.07. The van der Waals surface area contributed by atoms with Gasteiger partial charge in [-0.2, -0.15) is 5.10 Å². The summed E-state index contributed by atoms with van der Waals surface area (Å²) in [5, 5.41) is 19.0. The fraction of sp³-hybridized carbons (Fsp3) is 0. The molecule has 0 aliphatic heterocycles. The van der Waals surface area contributed by atoms with E-state index in [9.17, 15) is 9.59 Å². The number of aromatic amines is 1. The standard InChI is InChI=1S/C19H13N5O3/c25-18(16-10-20-7-8-21-16)22-13-4-1-11(2-5-13)12-3-6-14-15(9-12)23-24-17(14)19(26)27/h1-10H,(H,22,25)(H,23,24)(H,26,27). The Morgan fingerprint density at radius 3 is 2.48 bits per heavy atom. The average molecular weight is 359 g/mol. The number of benzene rings is 2. The van der Waals surface area contributed by atoms with Gasteiger partial charge in [-0.3, -0.25) is 14.9 Å². The van der Waals surface area contributed by atoms with Crippen LogP contribution in [0.2, 0.25) is 0 Å². The van der Waals surface area contributed by atoms with Crippen molar-refractivity contribution in [2.75, 3.05) is 5.32 Å². The van der Waals surface area contributed by atoms with Crippen LogP contribution < -0.4 is 5.32 Å². The van der Waals surface area contributed by atoms with E-state index in [1.165, 1.54) is 18.6 Å². The summed E-state index contributed by atoms with van der Waals surface area (Å²) in [6.45, 7) is 0. The number of aromatic nitrogens is 4. The molecule has 0 spiro atoms. The van der Waals surface area contributed by atoms with E-state index in [0.29, 0.717) is 16.6 Å². The molecule has 0 aliphatic carbocycles. The molecule has 0 radical (unpaired) electrons. The highest BCUT2D eigenvalue weighted by Gasteiger charge is 2.13. The molecule has 2 aromatic carbocycles. The highest BCUT2D eigenvalue weighted by molar-refractivity contribution is 6.03. The van der Waals surface area contributed by atoms with Crippen molar-refractivity contribution in [1.29, 1.82) is 0 Å². The number of carboxylic acid groups (broad SMARTS) is 1. The second kappa shape index (κ2) is 6.68. The van der Waals surface area contributed by atoms with Gasteiger partial charge >= 0.3 is 5.97 Å². The first-order valence-electron chi connectivity index (χ1n) is 8.01. The van der Waals surface area contributed by atoms with Crippen molar-refractivity contribution in [3.05, 3.63) is 72.4 Å². The van der Waals surface area contributed by atoms with E-state index >= 15 is 0 Å². The first kappa shape index (κ1) is 16.4. The van der Waals surface area contributed by atoms with Crippen molar-refractivity contribution in [2.45, 2.75) is 0 Å². The molecule has 4 rings (SSSR count). The van der Waals surface area contributed by atoms with E-state index in [4.69, 9.17) is 5.11 Å². The molecule has 2 aromatic heterocycles. The number of H-pyrrole nitrogens is 1. The van der Waals surface area contributed by atoms with E-state index in [1.54, 1.807) is 18.2 Å². The van der Waals surface area contributed by atoms with Crippen LogP contribution in [0.25, 0.3) is 22.0 Å². The van der Waals surface area contributed by atoms with Gasteiger partial charge in [0.2, 0.25) is 0 Å². The van der Waals surface area contributed by atoms with Crippen LogP contribution in [0.15, 0.2) is 61.1 Å². The number of carbonyl (C=O) groups excluding carboxylic acids is 1. The lowest BCUT2D eigenvalue weighted by Gasteiger charge is -2.06. The quantitative estimate of drug-likeness (QED) is 0.515. The molecule has 27 heavy (non-hydrogen) atoms. The number of nitrogens with zero attached hydrogens (tertiary/aromatic N) is 3. The van der Waals surface area contributed by atoms with Crippen molar-refractivity contribution < 1.29 is 14.7 Å². The van der Waals surface area contributed by atoms with Gasteiger partial charge in [0.1, 0.15) is 5.69 Å². The Labute approximate surface area is 152 Å². The fourth-order valence-electron chi connectivity index (χ4n) is 2.72. The fourth-order valence-corrected chi connectivity index (χ4v) is 2.72. The highest BCUT2D eigenvalue weighted by atomic mass is 16.4. The summed E-state index contributed by atoms with van der Waals surface area (Å²) in [5.74, 6) is -1.41. The van der Waals surface area contributed by atoms with Crippen molar-refractivity contribution in [2.24, 2.45) is 0 Å². The van der Waals surface area contributed by atoms with Gasteiger partial charge < -0.3 is 10.4 Å². The number of aromatic carboxylic acids is 1. The summed E-state index contributed by atoms with van der Waals surface area (Å²) in [6, 6.07) is 12.7. The minimum atomic E-state index is -1.07. The Morgan fingerprint density at radius 2 is 1.78 bits per heavy atom. The molecular weight excluding hydrogens is 346 g/mol. The minimum absolute atomic E-state index is 0.00128. The van der Waals surface area contributed by atoms with Crippen LogP contribution in [-0.4, -0.2) is 37.1 Å². The molecule has 132 valence electrons. The lowest BCUT2D eigenvalue weighted by Crippen LogP contribution is -2.13. The number of carbonyl (C=O) groups is 2. The molecule has 4 aromatic rings. The van der Waals surface area contributed by atoms with Gasteiger partial charge in [-0.05, 0) is 35.4 Å². The normalized spacial score (nSPS) is 10.7. The lowest BCUT2D eigenvalue weighted by atomic mass is 10.0. The summed E-state index contributed by atoms with van der Waals surface area (Å²) in [6.07, 6.45) is 4.36. The molecule has 0 aliphatic rings. The zero-order valence-corrected chi connectivity index (χ0v) is 13.9. The van der Waals surface area contributed by atoms with Gasteiger partial charge in [0.15, 0.2) is 5.69 Å². The first-order valence-corrected chi connectivity index (χ1v) is 8.01.